The number of carbonyl (C=O) groups is 1. The molecule has 4 nitrogen and oxygen atoms in total. The second-order valence-corrected chi connectivity index (χ2v) is 5.68. The average molecular weight is 240 g/mol. The number of likely N-dealkylation sites (tertiary alicyclic amines) is 1. The lowest BCUT2D eigenvalue weighted by Gasteiger charge is -2.29. The maximum atomic E-state index is 12.0. The summed E-state index contributed by atoms with van der Waals surface area (Å²) in [6, 6.07) is 0.289. The minimum Gasteiger partial charge on any atom is -0.369 e. The van der Waals surface area contributed by atoms with Crippen molar-refractivity contribution in [3.05, 3.63) is 0 Å². The van der Waals surface area contributed by atoms with Crippen LogP contribution >= 0.6 is 0 Å². The molecule has 4 heteroatoms. The van der Waals surface area contributed by atoms with Gasteiger partial charge in [0.1, 0.15) is 6.61 Å². The van der Waals surface area contributed by atoms with E-state index >= 15 is 0 Å². The molecule has 1 aliphatic heterocycles. The molecule has 1 aliphatic carbocycles. The van der Waals surface area contributed by atoms with E-state index in [9.17, 15) is 4.79 Å². The van der Waals surface area contributed by atoms with Crippen LogP contribution in [0.4, 0.5) is 0 Å². The Morgan fingerprint density at radius 1 is 1.41 bits per heavy atom. The summed E-state index contributed by atoms with van der Waals surface area (Å²) < 4.78 is 5.37. The Morgan fingerprint density at radius 2 is 2.18 bits per heavy atom. The highest BCUT2D eigenvalue weighted by molar-refractivity contribution is 5.77. The minimum atomic E-state index is 0.117. The molecule has 2 N–H and O–H groups in total. The number of hydrogen-bond acceptors (Lipinski definition) is 3. The molecule has 3 atom stereocenters. The van der Waals surface area contributed by atoms with Gasteiger partial charge < -0.3 is 15.4 Å². The number of nitrogens with two attached hydrogens (primary N) is 1. The second kappa shape index (κ2) is 5.36. The summed E-state index contributed by atoms with van der Waals surface area (Å²) in [4.78, 5) is 13.9. The fourth-order valence-corrected chi connectivity index (χ4v) is 3.05. The van der Waals surface area contributed by atoms with Crippen LogP contribution in [0.5, 0.6) is 0 Å². The van der Waals surface area contributed by atoms with Crippen molar-refractivity contribution in [1.82, 2.24) is 4.90 Å². The SMILES string of the molecule is CC(C)OCC(=O)N1CC2CCCC(N)C2C1. The van der Waals surface area contributed by atoms with Gasteiger partial charge in [0, 0.05) is 19.1 Å². The van der Waals surface area contributed by atoms with Gasteiger partial charge in [0.15, 0.2) is 0 Å². The van der Waals surface area contributed by atoms with Crippen molar-refractivity contribution in [3.63, 3.8) is 0 Å². The van der Waals surface area contributed by atoms with Gasteiger partial charge in [-0.15, -0.1) is 0 Å². The average Bonchev–Trinajstić information content (AvgIpc) is 2.71. The van der Waals surface area contributed by atoms with Crippen LogP contribution in [0.3, 0.4) is 0 Å². The van der Waals surface area contributed by atoms with Gasteiger partial charge >= 0.3 is 0 Å². The number of fused-ring (bicyclic) bond motifs is 1. The molecule has 1 saturated carbocycles. The quantitative estimate of drug-likeness (QED) is 0.800. The van der Waals surface area contributed by atoms with Crippen LogP contribution in [0.2, 0.25) is 0 Å². The normalized spacial score (nSPS) is 32.9. The molecule has 0 spiro atoms. The first-order valence-electron chi connectivity index (χ1n) is 6.73. The van der Waals surface area contributed by atoms with E-state index in [-0.39, 0.29) is 24.7 Å². The Hall–Kier alpha value is -0.610. The van der Waals surface area contributed by atoms with E-state index in [0.29, 0.717) is 11.8 Å². The summed E-state index contributed by atoms with van der Waals surface area (Å²) in [5.41, 5.74) is 6.14. The Morgan fingerprint density at radius 3 is 2.82 bits per heavy atom. The van der Waals surface area contributed by atoms with E-state index in [1.165, 1.54) is 12.8 Å². The Balaban J connectivity index is 1.86. The Kier molecular flexibility index (Phi) is 4.05. The molecule has 0 aromatic carbocycles. The zero-order valence-corrected chi connectivity index (χ0v) is 10.9. The van der Waals surface area contributed by atoms with Gasteiger partial charge in [-0.05, 0) is 38.5 Å². The van der Waals surface area contributed by atoms with Crippen LogP contribution in [0.15, 0.2) is 0 Å². The van der Waals surface area contributed by atoms with Crippen molar-refractivity contribution < 1.29 is 9.53 Å². The molecule has 2 aliphatic rings. The van der Waals surface area contributed by atoms with Crippen molar-refractivity contribution in [2.45, 2.75) is 45.3 Å². The highest BCUT2D eigenvalue weighted by Gasteiger charge is 2.40. The van der Waals surface area contributed by atoms with Crippen LogP contribution < -0.4 is 5.73 Å². The third-order valence-electron chi connectivity index (χ3n) is 4.05. The lowest BCUT2D eigenvalue weighted by atomic mass is 9.78. The van der Waals surface area contributed by atoms with Crippen LogP contribution in [-0.4, -0.2) is 42.6 Å². The first-order chi connectivity index (χ1) is 8.08. The van der Waals surface area contributed by atoms with Crippen LogP contribution in [0, 0.1) is 11.8 Å². The molecule has 0 bridgehead atoms. The number of ether oxygens (including phenoxy) is 1. The van der Waals surface area contributed by atoms with E-state index in [1.54, 1.807) is 0 Å². The number of amides is 1. The Bertz CT molecular complexity index is 281. The molecule has 1 heterocycles. The van der Waals surface area contributed by atoms with Gasteiger partial charge in [-0.3, -0.25) is 4.79 Å². The van der Waals surface area contributed by atoms with E-state index in [0.717, 1.165) is 19.5 Å². The first kappa shape index (κ1) is 12.8. The van der Waals surface area contributed by atoms with Crippen molar-refractivity contribution >= 4 is 5.91 Å². The number of hydrogen-bond donors (Lipinski definition) is 1. The minimum absolute atomic E-state index is 0.117. The molecule has 2 fully saturated rings. The van der Waals surface area contributed by atoms with Crippen molar-refractivity contribution in [2.75, 3.05) is 19.7 Å². The highest BCUT2D eigenvalue weighted by Crippen LogP contribution is 2.35. The van der Waals surface area contributed by atoms with Gasteiger partial charge in [0.25, 0.3) is 0 Å². The summed E-state index contributed by atoms with van der Waals surface area (Å²) in [7, 11) is 0. The van der Waals surface area contributed by atoms with Crippen LogP contribution in [-0.2, 0) is 9.53 Å². The topological polar surface area (TPSA) is 55.6 Å². The molecular formula is C13H24N2O2. The molecule has 2 rings (SSSR count). The summed E-state index contributed by atoms with van der Waals surface area (Å²) in [6.45, 7) is 5.84. The standard InChI is InChI=1S/C13H24N2O2/c1-9(2)17-8-13(16)15-6-10-4-3-5-12(14)11(10)7-15/h9-12H,3-8,14H2,1-2H3. The van der Waals surface area contributed by atoms with Crippen molar-refractivity contribution in [1.29, 1.82) is 0 Å². The van der Waals surface area contributed by atoms with Gasteiger partial charge in [0.2, 0.25) is 5.91 Å². The number of carbonyl (C=O) groups excluding carboxylic acids is 1. The molecule has 0 aromatic heterocycles. The zero-order chi connectivity index (χ0) is 12.4. The molecule has 98 valence electrons. The Labute approximate surface area is 103 Å². The molecule has 17 heavy (non-hydrogen) atoms. The second-order valence-electron chi connectivity index (χ2n) is 5.68. The van der Waals surface area contributed by atoms with Gasteiger partial charge in [0.05, 0.1) is 6.10 Å². The van der Waals surface area contributed by atoms with E-state index < -0.39 is 0 Å². The molecular weight excluding hydrogens is 216 g/mol. The summed E-state index contributed by atoms with van der Waals surface area (Å²) >= 11 is 0. The molecule has 0 radical (unpaired) electrons. The fourth-order valence-electron chi connectivity index (χ4n) is 3.05. The zero-order valence-electron chi connectivity index (χ0n) is 10.9. The van der Waals surface area contributed by atoms with Crippen LogP contribution in [0.25, 0.3) is 0 Å². The predicted octanol–water partition coefficient (Wildman–Crippen LogP) is 0.997. The van der Waals surface area contributed by atoms with Crippen LogP contribution in [0.1, 0.15) is 33.1 Å². The molecule has 1 saturated heterocycles. The summed E-state index contributed by atoms with van der Waals surface area (Å²) in [5.74, 6) is 1.27. The summed E-state index contributed by atoms with van der Waals surface area (Å²) in [6.07, 6.45) is 3.68. The maximum absolute atomic E-state index is 12.0. The third kappa shape index (κ3) is 2.99. The van der Waals surface area contributed by atoms with Gasteiger partial charge in [-0.2, -0.15) is 0 Å². The predicted molar refractivity (Wildman–Crippen MR) is 66.5 cm³/mol. The smallest absolute Gasteiger partial charge is 0.248 e. The first-order valence-corrected chi connectivity index (χ1v) is 6.73. The van der Waals surface area contributed by atoms with Crippen molar-refractivity contribution in [3.8, 4) is 0 Å². The molecule has 0 aromatic rings. The van der Waals surface area contributed by atoms with Gasteiger partial charge in [-0.1, -0.05) is 6.42 Å². The van der Waals surface area contributed by atoms with E-state index in [2.05, 4.69) is 0 Å². The number of rotatable bonds is 3. The maximum Gasteiger partial charge on any atom is 0.248 e. The largest absolute Gasteiger partial charge is 0.369 e. The lowest BCUT2D eigenvalue weighted by Crippen LogP contribution is -2.39. The highest BCUT2D eigenvalue weighted by atomic mass is 16.5. The van der Waals surface area contributed by atoms with E-state index in [1.807, 2.05) is 18.7 Å². The molecule has 1 amide bonds. The van der Waals surface area contributed by atoms with Crippen molar-refractivity contribution in [2.24, 2.45) is 17.6 Å². The lowest BCUT2D eigenvalue weighted by molar-refractivity contribution is -0.136. The molecule has 3 unspecified atom stereocenters. The van der Waals surface area contributed by atoms with Gasteiger partial charge in [-0.25, -0.2) is 0 Å². The fraction of sp³-hybridized carbons (Fsp3) is 0.923. The third-order valence-corrected chi connectivity index (χ3v) is 4.05. The summed E-state index contributed by atoms with van der Waals surface area (Å²) in [5, 5.41) is 0. The van der Waals surface area contributed by atoms with E-state index in [4.69, 9.17) is 10.5 Å². The monoisotopic (exact) mass is 240 g/mol. The number of nitrogens with zero attached hydrogens (tertiary/aromatic N) is 1.